The first kappa shape index (κ1) is 14.0. The van der Waals surface area contributed by atoms with Gasteiger partial charge in [0.1, 0.15) is 5.69 Å². The number of amides is 1. The molecule has 1 aliphatic carbocycles. The molecule has 1 aromatic rings. The third-order valence-electron chi connectivity index (χ3n) is 3.77. The van der Waals surface area contributed by atoms with Gasteiger partial charge in [-0.2, -0.15) is 0 Å². The minimum atomic E-state index is -0.753. The Morgan fingerprint density at radius 2 is 2.37 bits per heavy atom. The van der Waals surface area contributed by atoms with Crippen molar-refractivity contribution in [2.24, 2.45) is 5.92 Å². The van der Waals surface area contributed by atoms with E-state index in [1.165, 1.54) is 0 Å². The summed E-state index contributed by atoms with van der Waals surface area (Å²) < 4.78 is 0. The first-order valence-corrected chi connectivity index (χ1v) is 6.93. The Balaban J connectivity index is 1.93. The lowest BCUT2D eigenvalue weighted by Crippen LogP contribution is -2.45. The van der Waals surface area contributed by atoms with Crippen LogP contribution in [-0.2, 0) is 0 Å². The fourth-order valence-electron chi connectivity index (χ4n) is 2.80. The molecule has 0 aromatic carbocycles. The Bertz CT molecular complexity index is 461. The Morgan fingerprint density at radius 1 is 1.58 bits per heavy atom. The molecule has 1 heterocycles. The van der Waals surface area contributed by atoms with E-state index < -0.39 is 5.60 Å². The zero-order chi connectivity index (χ0) is 13.9. The van der Waals surface area contributed by atoms with Crippen LogP contribution in [0.15, 0.2) is 18.2 Å². The van der Waals surface area contributed by atoms with E-state index in [0.717, 1.165) is 31.4 Å². The number of pyridine rings is 1. The number of carbonyl (C=O) groups is 1. The van der Waals surface area contributed by atoms with Gasteiger partial charge in [0.2, 0.25) is 0 Å². The van der Waals surface area contributed by atoms with Gasteiger partial charge in [0.05, 0.1) is 5.60 Å². The van der Waals surface area contributed by atoms with Crippen molar-refractivity contribution < 1.29 is 9.90 Å². The summed E-state index contributed by atoms with van der Waals surface area (Å²) in [6.45, 7) is 4.31. The van der Waals surface area contributed by atoms with E-state index in [4.69, 9.17) is 0 Å². The van der Waals surface area contributed by atoms with Crippen LogP contribution in [0.25, 0.3) is 0 Å². The van der Waals surface area contributed by atoms with Crippen molar-refractivity contribution in [2.45, 2.75) is 45.1 Å². The van der Waals surface area contributed by atoms with E-state index >= 15 is 0 Å². The molecule has 1 aliphatic rings. The van der Waals surface area contributed by atoms with E-state index in [9.17, 15) is 9.90 Å². The Hall–Kier alpha value is -1.42. The number of hydrogen-bond acceptors (Lipinski definition) is 3. The predicted molar refractivity (Wildman–Crippen MR) is 73.9 cm³/mol. The van der Waals surface area contributed by atoms with Crippen molar-refractivity contribution in [3.8, 4) is 0 Å². The molecule has 1 aromatic heterocycles. The van der Waals surface area contributed by atoms with Gasteiger partial charge in [0, 0.05) is 12.2 Å². The monoisotopic (exact) mass is 262 g/mol. The maximum atomic E-state index is 12.0. The van der Waals surface area contributed by atoms with Gasteiger partial charge in [0.25, 0.3) is 5.91 Å². The lowest BCUT2D eigenvalue weighted by molar-refractivity contribution is -0.0109. The van der Waals surface area contributed by atoms with E-state index in [1.54, 1.807) is 6.07 Å². The Labute approximate surface area is 114 Å². The average molecular weight is 262 g/mol. The van der Waals surface area contributed by atoms with Crippen LogP contribution in [0.5, 0.6) is 0 Å². The molecule has 2 N–H and O–H groups in total. The molecule has 2 rings (SSSR count). The molecule has 4 heteroatoms. The lowest BCUT2D eigenvalue weighted by Gasteiger charge is -2.35. The molecule has 1 amide bonds. The molecular weight excluding hydrogens is 240 g/mol. The molecule has 0 saturated heterocycles. The normalized spacial score (nSPS) is 27.0. The summed E-state index contributed by atoms with van der Waals surface area (Å²) in [6, 6.07) is 5.36. The summed E-state index contributed by atoms with van der Waals surface area (Å²) in [5.74, 6) is 0.308. The lowest BCUT2D eigenvalue weighted by atomic mass is 9.79. The Morgan fingerprint density at radius 3 is 3.05 bits per heavy atom. The summed E-state index contributed by atoms with van der Waals surface area (Å²) in [5.41, 5.74) is 0.474. The molecule has 104 valence electrons. The van der Waals surface area contributed by atoms with Crippen molar-refractivity contribution in [1.82, 2.24) is 10.3 Å². The minimum Gasteiger partial charge on any atom is -0.388 e. The van der Waals surface area contributed by atoms with Crippen molar-refractivity contribution in [1.29, 1.82) is 0 Å². The minimum absolute atomic E-state index is 0.213. The van der Waals surface area contributed by atoms with Gasteiger partial charge in [-0.25, -0.2) is 4.98 Å². The van der Waals surface area contributed by atoms with Crippen molar-refractivity contribution in [3.63, 3.8) is 0 Å². The van der Waals surface area contributed by atoms with Gasteiger partial charge in [-0.3, -0.25) is 4.79 Å². The Kier molecular flexibility index (Phi) is 4.20. The van der Waals surface area contributed by atoms with Crippen LogP contribution in [0.1, 0.15) is 48.8 Å². The van der Waals surface area contributed by atoms with E-state index in [0.29, 0.717) is 18.2 Å². The van der Waals surface area contributed by atoms with Crippen molar-refractivity contribution in [3.05, 3.63) is 29.6 Å². The topological polar surface area (TPSA) is 62.2 Å². The standard InChI is InChI=1S/C15H22N2O2/c1-11-5-4-8-15(19,9-11)10-16-14(18)13-7-3-6-12(2)17-13/h3,6-7,11,19H,4-5,8-10H2,1-2H3,(H,16,18). The molecule has 0 aliphatic heterocycles. The van der Waals surface area contributed by atoms with E-state index in [-0.39, 0.29) is 5.91 Å². The number of hydrogen-bond donors (Lipinski definition) is 2. The highest BCUT2D eigenvalue weighted by Gasteiger charge is 2.32. The van der Waals surface area contributed by atoms with Gasteiger partial charge in [-0.15, -0.1) is 0 Å². The van der Waals surface area contributed by atoms with Gasteiger partial charge in [-0.05, 0) is 37.8 Å². The highest BCUT2D eigenvalue weighted by molar-refractivity contribution is 5.92. The summed E-state index contributed by atoms with van der Waals surface area (Å²) in [7, 11) is 0. The highest BCUT2D eigenvalue weighted by Crippen LogP contribution is 2.31. The van der Waals surface area contributed by atoms with E-state index in [2.05, 4.69) is 17.2 Å². The summed E-state index contributed by atoms with van der Waals surface area (Å²) in [5, 5.41) is 13.3. The van der Waals surface area contributed by atoms with Crippen molar-refractivity contribution in [2.75, 3.05) is 6.54 Å². The maximum Gasteiger partial charge on any atom is 0.269 e. The maximum absolute atomic E-state index is 12.0. The van der Waals surface area contributed by atoms with Crippen LogP contribution >= 0.6 is 0 Å². The molecule has 4 nitrogen and oxygen atoms in total. The van der Waals surface area contributed by atoms with Crippen molar-refractivity contribution >= 4 is 5.91 Å². The van der Waals surface area contributed by atoms with Crippen LogP contribution in [0.3, 0.4) is 0 Å². The highest BCUT2D eigenvalue weighted by atomic mass is 16.3. The number of rotatable bonds is 3. The largest absolute Gasteiger partial charge is 0.388 e. The fourth-order valence-corrected chi connectivity index (χ4v) is 2.80. The predicted octanol–water partition coefficient (Wildman–Crippen LogP) is 2.06. The number of carbonyl (C=O) groups excluding carboxylic acids is 1. The molecular formula is C15H22N2O2. The molecule has 0 radical (unpaired) electrons. The SMILES string of the molecule is Cc1cccc(C(=O)NCC2(O)CCCC(C)C2)n1. The smallest absolute Gasteiger partial charge is 0.269 e. The van der Waals surface area contributed by atoms with E-state index in [1.807, 2.05) is 19.1 Å². The molecule has 0 bridgehead atoms. The third kappa shape index (κ3) is 3.77. The van der Waals surface area contributed by atoms with Crippen LogP contribution in [0.2, 0.25) is 0 Å². The molecule has 1 fully saturated rings. The summed E-state index contributed by atoms with van der Waals surface area (Å²) in [6.07, 6.45) is 3.71. The first-order valence-electron chi connectivity index (χ1n) is 6.93. The number of aliphatic hydroxyl groups is 1. The van der Waals surface area contributed by atoms with Crippen LogP contribution in [0.4, 0.5) is 0 Å². The summed E-state index contributed by atoms with van der Waals surface area (Å²) >= 11 is 0. The molecule has 2 unspecified atom stereocenters. The molecule has 2 atom stereocenters. The number of aromatic nitrogens is 1. The zero-order valence-corrected chi connectivity index (χ0v) is 11.6. The van der Waals surface area contributed by atoms with Crippen LogP contribution in [-0.4, -0.2) is 28.1 Å². The fraction of sp³-hybridized carbons (Fsp3) is 0.600. The number of aryl methyl sites for hydroxylation is 1. The molecule has 0 spiro atoms. The van der Waals surface area contributed by atoms with Gasteiger partial charge >= 0.3 is 0 Å². The quantitative estimate of drug-likeness (QED) is 0.876. The average Bonchev–Trinajstić information content (AvgIpc) is 2.36. The van der Waals surface area contributed by atoms with Crippen LogP contribution in [0, 0.1) is 12.8 Å². The number of nitrogens with zero attached hydrogens (tertiary/aromatic N) is 1. The second kappa shape index (κ2) is 5.70. The van der Waals surface area contributed by atoms with Gasteiger partial charge in [0.15, 0.2) is 0 Å². The van der Waals surface area contributed by atoms with Crippen LogP contribution < -0.4 is 5.32 Å². The zero-order valence-electron chi connectivity index (χ0n) is 11.6. The first-order chi connectivity index (χ1) is 8.98. The second-order valence-electron chi connectivity index (χ2n) is 5.77. The molecule has 19 heavy (non-hydrogen) atoms. The molecule has 1 saturated carbocycles. The third-order valence-corrected chi connectivity index (χ3v) is 3.77. The van der Waals surface area contributed by atoms with Gasteiger partial charge < -0.3 is 10.4 Å². The summed E-state index contributed by atoms with van der Waals surface area (Å²) in [4.78, 5) is 16.2. The van der Waals surface area contributed by atoms with Gasteiger partial charge in [-0.1, -0.05) is 25.8 Å². The second-order valence-corrected chi connectivity index (χ2v) is 5.77. The number of nitrogens with one attached hydrogen (secondary N) is 1.